The third-order valence-electron chi connectivity index (χ3n) is 5.43. The van der Waals surface area contributed by atoms with E-state index in [1.807, 2.05) is 13.8 Å². The average Bonchev–Trinajstić information content (AvgIpc) is 3.22. The monoisotopic (exact) mass is 462 g/mol. The molecule has 1 aliphatic heterocycles. The number of anilines is 2. The fourth-order valence-electron chi connectivity index (χ4n) is 3.73. The van der Waals surface area contributed by atoms with Gasteiger partial charge in [0.2, 0.25) is 5.95 Å². The van der Waals surface area contributed by atoms with E-state index in [1.165, 1.54) is 12.6 Å². The van der Waals surface area contributed by atoms with Gasteiger partial charge in [-0.05, 0) is 55.6 Å². The lowest BCUT2D eigenvalue weighted by Crippen LogP contribution is -2.28. The van der Waals surface area contributed by atoms with E-state index in [0.717, 1.165) is 54.4 Å². The number of aromatic nitrogens is 2. The number of aryl methyl sites for hydroxylation is 1. The van der Waals surface area contributed by atoms with E-state index in [9.17, 15) is 4.79 Å². The second-order valence-electron chi connectivity index (χ2n) is 7.04. The summed E-state index contributed by atoms with van der Waals surface area (Å²) in [4.78, 5) is 18.4. The van der Waals surface area contributed by atoms with E-state index >= 15 is 0 Å². The number of nitrogens with two attached hydrogens (primary N) is 1. The van der Waals surface area contributed by atoms with Crippen molar-refractivity contribution in [3.05, 3.63) is 51.5 Å². The van der Waals surface area contributed by atoms with Crippen LogP contribution in [-0.4, -0.2) is 29.4 Å². The molecule has 0 aliphatic carbocycles. The molecule has 7 heteroatoms. The molecule has 3 aromatic rings. The Morgan fingerprint density at radius 1 is 1.13 bits per heavy atom. The first-order chi connectivity index (χ1) is 15.0. The molecule has 2 N–H and O–H groups in total. The molecule has 1 aliphatic rings. The summed E-state index contributed by atoms with van der Waals surface area (Å²) in [5.41, 5.74) is 8.74. The summed E-state index contributed by atoms with van der Waals surface area (Å²) in [5.74, 6) is 1.25. The number of hydrogen-bond donors (Lipinski definition) is 1. The van der Waals surface area contributed by atoms with Gasteiger partial charge in [0.25, 0.3) is 0 Å². The fourth-order valence-corrected chi connectivity index (χ4v) is 4.22. The molecule has 4 rings (SSSR count). The average molecular weight is 463 g/mol. The molecule has 2 heterocycles. The SMILES string of the molecule is CC.CCC(C)c1ccc(N2CCCn3c2nc2c(Cl)ccc(C=O)c23)c(Cl)c1.CN. The van der Waals surface area contributed by atoms with Crippen LogP contribution >= 0.6 is 23.2 Å². The van der Waals surface area contributed by atoms with Crippen LogP contribution in [0.2, 0.25) is 10.0 Å². The van der Waals surface area contributed by atoms with Crippen LogP contribution in [0.25, 0.3) is 11.0 Å². The third-order valence-corrected chi connectivity index (χ3v) is 6.04. The van der Waals surface area contributed by atoms with Crippen molar-refractivity contribution in [1.29, 1.82) is 0 Å². The Balaban J connectivity index is 0.000000807. The summed E-state index contributed by atoms with van der Waals surface area (Å²) < 4.78 is 2.08. The van der Waals surface area contributed by atoms with E-state index in [4.69, 9.17) is 28.2 Å². The van der Waals surface area contributed by atoms with Crippen LogP contribution in [0.15, 0.2) is 30.3 Å². The maximum atomic E-state index is 11.5. The number of imidazole rings is 1. The van der Waals surface area contributed by atoms with E-state index < -0.39 is 0 Å². The van der Waals surface area contributed by atoms with Crippen molar-refractivity contribution in [1.82, 2.24) is 9.55 Å². The Labute approximate surface area is 195 Å². The summed E-state index contributed by atoms with van der Waals surface area (Å²) in [5, 5.41) is 1.27. The van der Waals surface area contributed by atoms with Gasteiger partial charge in [0.15, 0.2) is 6.29 Å². The summed E-state index contributed by atoms with van der Waals surface area (Å²) in [6.07, 6.45) is 2.87. The summed E-state index contributed by atoms with van der Waals surface area (Å²) >= 11 is 13.0. The molecule has 2 aromatic carbocycles. The van der Waals surface area contributed by atoms with Crippen molar-refractivity contribution in [3.63, 3.8) is 0 Å². The topological polar surface area (TPSA) is 64.2 Å². The molecule has 31 heavy (non-hydrogen) atoms. The predicted molar refractivity (Wildman–Crippen MR) is 133 cm³/mol. The molecular weight excluding hydrogens is 431 g/mol. The first kappa shape index (κ1) is 25.2. The molecule has 5 nitrogen and oxygen atoms in total. The normalized spacial score (nSPS) is 13.5. The van der Waals surface area contributed by atoms with E-state index in [2.05, 4.69) is 47.2 Å². The van der Waals surface area contributed by atoms with Crippen LogP contribution in [0.3, 0.4) is 0 Å². The number of nitrogens with zero attached hydrogens (tertiary/aromatic N) is 3. The van der Waals surface area contributed by atoms with Gasteiger partial charge in [0.1, 0.15) is 5.52 Å². The van der Waals surface area contributed by atoms with Gasteiger partial charge in [-0.25, -0.2) is 4.98 Å². The zero-order valence-corrected chi connectivity index (χ0v) is 20.5. The summed E-state index contributed by atoms with van der Waals surface area (Å²) in [6, 6.07) is 9.74. The molecule has 1 atom stereocenters. The summed E-state index contributed by atoms with van der Waals surface area (Å²) in [7, 11) is 1.50. The van der Waals surface area contributed by atoms with Crippen LogP contribution in [0.5, 0.6) is 0 Å². The fraction of sp³-hybridized carbons (Fsp3) is 0.417. The number of benzene rings is 2. The lowest BCUT2D eigenvalue weighted by atomic mass is 9.98. The lowest BCUT2D eigenvalue weighted by Gasteiger charge is -2.30. The van der Waals surface area contributed by atoms with Crippen molar-refractivity contribution in [3.8, 4) is 0 Å². The zero-order valence-electron chi connectivity index (χ0n) is 19.0. The van der Waals surface area contributed by atoms with Crippen LogP contribution in [0.4, 0.5) is 11.6 Å². The van der Waals surface area contributed by atoms with Gasteiger partial charge in [-0.2, -0.15) is 0 Å². The van der Waals surface area contributed by atoms with Crippen molar-refractivity contribution in [2.75, 3.05) is 18.5 Å². The predicted octanol–water partition coefficient (Wildman–Crippen LogP) is 6.81. The number of aldehydes is 1. The van der Waals surface area contributed by atoms with E-state index in [0.29, 0.717) is 22.0 Å². The first-order valence-electron chi connectivity index (χ1n) is 10.8. The maximum absolute atomic E-state index is 11.5. The highest BCUT2D eigenvalue weighted by molar-refractivity contribution is 6.35. The van der Waals surface area contributed by atoms with Crippen LogP contribution < -0.4 is 10.6 Å². The standard InChI is InChI=1S/C21H21Cl2N3O.C2H6.CH5N/c1-3-13(2)14-6-8-18(17(23)11-14)25-9-4-10-26-20-15(12-27)5-7-16(22)19(20)24-21(25)26;2*1-2/h5-8,11-13H,3-4,9-10H2,1-2H3;1-2H3;2H2,1H3. The van der Waals surface area contributed by atoms with Crippen LogP contribution in [0, 0.1) is 0 Å². The second-order valence-corrected chi connectivity index (χ2v) is 7.85. The van der Waals surface area contributed by atoms with Gasteiger partial charge < -0.3 is 15.2 Å². The molecular formula is C24H32Cl2N4O. The van der Waals surface area contributed by atoms with Crippen molar-refractivity contribution in [2.24, 2.45) is 5.73 Å². The highest BCUT2D eigenvalue weighted by atomic mass is 35.5. The molecule has 1 unspecified atom stereocenters. The molecule has 168 valence electrons. The summed E-state index contributed by atoms with van der Waals surface area (Å²) in [6.45, 7) is 9.99. The minimum Gasteiger partial charge on any atom is -0.333 e. The maximum Gasteiger partial charge on any atom is 0.211 e. The molecule has 0 saturated heterocycles. The molecule has 0 radical (unpaired) electrons. The van der Waals surface area contributed by atoms with Gasteiger partial charge in [-0.1, -0.05) is 57.0 Å². The van der Waals surface area contributed by atoms with Gasteiger partial charge in [-0.3, -0.25) is 4.79 Å². The number of carbonyl (C=O) groups is 1. The van der Waals surface area contributed by atoms with Gasteiger partial charge in [0.05, 0.1) is 21.2 Å². The largest absolute Gasteiger partial charge is 0.333 e. The molecule has 0 spiro atoms. The van der Waals surface area contributed by atoms with Crippen molar-refractivity contribution in [2.45, 2.75) is 53.0 Å². The number of halogens is 2. The van der Waals surface area contributed by atoms with E-state index in [-0.39, 0.29) is 0 Å². The quantitative estimate of drug-likeness (QED) is 0.432. The second kappa shape index (κ2) is 11.5. The Kier molecular flexibility index (Phi) is 9.35. The number of fused-ring (bicyclic) bond motifs is 3. The number of carbonyl (C=O) groups excluding carboxylic acids is 1. The highest BCUT2D eigenvalue weighted by Crippen LogP contribution is 2.39. The zero-order chi connectivity index (χ0) is 23.1. The van der Waals surface area contributed by atoms with Gasteiger partial charge >= 0.3 is 0 Å². The molecule has 1 aromatic heterocycles. The molecule has 0 amide bonds. The first-order valence-corrected chi connectivity index (χ1v) is 11.6. The third kappa shape index (κ3) is 4.89. The minimum atomic E-state index is 0.469. The van der Waals surface area contributed by atoms with Crippen molar-refractivity contribution < 1.29 is 4.79 Å². The minimum absolute atomic E-state index is 0.469. The molecule has 0 saturated carbocycles. The Morgan fingerprint density at radius 2 is 1.84 bits per heavy atom. The molecule has 0 fully saturated rings. The van der Waals surface area contributed by atoms with Crippen molar-refractivity contribution >= 4 is 52.2 Å². The smallest absolute Gasteiger partial charge is 0.211 e. The Bertz CT molecular complexity index is 1030. The van der Waals surface area contributed by atoms with Crippen LogP contribution in [0.1, 0.15) is 62.4 Å². The number of hydrogen-bond acceptors (Lipinski definition) is 4. The van der Waals surface area contributed by atoms with Crippen LogP contribution in [-0.2, 0) is 6.54 Å². The lowest BCUT2D eigenvalue weighted by molar-refractivity contribution is 0.112. The highest BCUT2D eigenvalue weighted by Gasteiger charge is 2.26. The van der Waals surface area contributed by atoms with Gasteiger partial charge in [-0.15, -0.1) is 0 Å². The number of rotatable bonds is 4. The van der Waals surface area contributed by atoms with Gasteiger partial charge in [0, 0.05) is 18.7 Å². The molecule has 0 bridgehead atoms. The Morgan fingerprint density at radius 3 is 2.45 bits per heavy atom. The van der Waals surface area contributed by atoms with E-state index in [1.54, 1.807) is 12.1 Å². The Hall–Kier alpha value is -2.08.